The van der Waals surface area contributed by atoms with E-state index in [2.05, 4.69) is 9.46 Å². The fourth-order valence-corrected chi connectivity index (χ4v) is 3.71. The zero-order chi connectivity index (χ0) is 21.1. The molecule has 0 aliphatic rings. The van der Waals surface area contributed by atoms with Crippen molar-refractivity contribution in [3.63, 3.8) is 0 Å². The van der Waals surface area contributed by atoms with Crippen molar-refractivity contribution in [1.29, 1.82) is 0 Å². The van der Waals surface area contributed by atoms with Gasteiger partial charge in [-0.1, -0.05) is 17.7 Å². The summed E-state index contributed by atoms with van der Waals surface area (Å²) in [5, 5.41) is -0.101. The van der Waals surface area contributed by atoms with E-state index < -0.39 is 34.0 Å². The van der Waals surface area contributed by atoms with Crippen molar-refractivity contribution in [2.24, 2.45) is 0 Å². The molecule has 0 spiro atoms. The second-order valence-corrected chi connectivity index (χ2v) is 8.25. The summed E-state index contributed by atoms with van der Waals surface area (Å²) in [5.74, 6) is -1.24. The molecule has 0 saturated carbocycles. The zero-order valence-electron chi connectivity index (χ0n) is 14.8. The van der Waals surface area contributed by atoms with Crippen molar-refractivity contribution in [2.75, 3.05) is 20.6 Å². The number of alkyl halides is 3. The quantitative estimate of drug-likeness (QED) is 0.662. The predicted molar refractivity (Wildman–Crippen MR) is 96.2 cm³/mol. The van der Waals surface area contributed by atoms with Gasteiger partial charge in [0.25, 0.3) is 0 Å². The van der Waals surface area contributed by atoms with Crippen LogP contribution in [0.25, 0.3) is 0 Å². The van der Waals surface area contributed by atoms with Gasteiger partial charge in [0.15, 0.2) is 0 Å². The van der Waals surface area contributed by atoms with Crippen molar-refractivity contribution in [1.82, 2.24) is 9.62 Å². The molecule has 2 aromatic rings. The number of ether oxygens (including phenoxy) is 1. The van der Waals surface area contributed by atoms with Gasteiger partial charge < -0.3 is 9.64 Å². The highest BCUT2D eigenvalue weighted by molar-refractivity contribution is 7.89. The molecule has 2 aromatic carbocycles. The van der Waals surface area contributed by atoms with Crippen molar-refractivity contribution in [3.05, 3.63) is 58.9 Å². The van der Waals surface area contributed by atoms with E-state index in [1.165, 1.54) is 12.1 Å². The van der Waals surface area contributed by atoms with Gasteiger partial charge in [-0.05, 0) is 56.1 Å². The molecule has 0 aliphatic carbocycles. The van der Waals surface area contributed by atoms with Crippen LogP contribution in [-0.4, -0.2) is 40.3 Å². The third-order valence-corrected chi connectivity index (χ3v) is 5.35. The molecule has 0 saturated heterocycles. The molecule has 0 aromatic heterocycles. The van der Waals surface area contributed by atoms with Crippen molar-refractivity contribution in [2.45, 2.75) is 17.3 Å². The lowest BCUT2D eigenvalue weighted by atomic mass is 10.1. The van der Waals surface area contributed by atoms with Gasteiger partial charge in [-0.2, -0.15) is 0 Å². The van der Waals surface area contributed by atoms with E-state index in [9.17, 15) is 26.0 Å². The van der Waals surface area contributed by atoms with Gasteiger partial charge in [0, 0.05) is 6.54 Å². The fraction of sp³-hybridized carbons (Fsp3) is 0.294. The van der Waals surface area contributed by atoms with E-state index in [-0.39, 0.29) is 16.5 Å². The number of hydrogen-bond acceptors (Lipinski definition) is 4. The van der Waals surface area contributed by atoms with Gasteiger partial charge >= 0.3 is 6.36 Å². The summed E-state index contributed by atoms with van der Waals surface area (Å²) in [6.07, 6.45) is -4.88. The minimum absolute atomic E-state index is 0.101. The van der Waals surface area contributed by atoms with Gasteiger partial charge in [0.2, 0.25) is 10.0 Å². The Morgan fingerprint density at radius 1 is 1.14 bits per heavy atom. The molecule has 0 bridgehead atoms. The lowest BCUT2D eigenvalue weighted by Crippen LogP contribution is -2.35. The van der Waals surface area contributed by atoms with Crippen LogP contribution in [0.2, 0.25) is 5.02 Å². The van der Waals surface area contributed by atoms with Crippen LogP contribution in [0, 0.1) is 5.82 Å². The third kappa shape index (κ3) is 6.33. The van der Waals surface area contributed by atoms with Crippen molar-refractivity contribution < 1.29 is 30.7 Å². The minimum Gasteiger partial charge on any atom is -0.406 e. The standard InChI is InChI=1S/C17H17ClF4N2O3S/c1-24(2)10-16(11-3-8-14(18)15(19)9-11)23-28(25,26)13-6-4-12(5-7-13)27-17(20,21)22/h3-9,16,23H,10H2,1-2H3/t16-/m0/s1. The van der Waals surface area contributed by atoms with Crippen LogP contribution >= 0.6 is 11.6 Å². The first-order valence-corrected chi connectivity index (χ1v) is 9.71. The molecule has 1 N–H and O–H groups in total. The number of halogens is 5. The second-order valence-electron chi connectivity index (χ2n) is 6.13. The highest BCUT2D eigenvalue weighted by atomic mass is 35.5. The molecule has 0 heterocycles. The number of sulfonamides is 1. The van der Waals surface area contributed by atoms with Crippen molar-refractivity contribution in [3.8, 4) is 5.75 Å². The Bertz CT molecular complexity index is 919. The van der Waals surface area contributed by atoms with Crippen LogP contribution in [0.1, 0.15) is 11.6 Å². The zero-order valence-corrected chi connectivity index (χ0v) is 16.4. The molecule has 28 heavy (non-hydrogen) atoms. The summed E-state index contributed by atoms with van der Waals surface area (Å²) in [7, 11) is -0.695. The molecular weight excluding hydrogens is 424 g/mol. The van der Waals surface area contributed by atoms with Crippen LogP contribution in [0.15, 0.2) is 47.4 Å². The highest BCUT2D eigenvalue weighted by Crippen LogP contribution is 2.26. The summed E-state index contributed by atoms with van der Waals surface area (Å²) in [6.45, 7) is 0.204. The van der Waals surface area contributed by atoms with Gasteiger partial charge in [-0.3, -0.25) is 0 Å². The summed E-state index contributed by atoms with van der Waals surface area (Å²) >= 11 is 5.66. The van der Waals surface area contributed by atoms with Crippen LogP contribution in [0.4, 0.5) is 17.6 Å². The molecule has 0 radical (unpaired) electrons. The van der Waals surface area contributed by atoms with E-state index in [0.717, 1.165) is 30.3 Å². The smallest absolute Gasteiger partial charge is 0.406 e. The first-order chi connectivity index (χ1) is 12.9. The maximum atomic E-state index is 13.8. The van der Waals surface area contributed by atoms with E-state index in [1.54, 1.807) is 19.0 Å². The summed E-state index contributed by atoms with van der Waals surface area (Å²) in [4.78, 5) is 1.43. The van der Waals surface area contributed by atoms with E-state index >= 15 is 0 Å². The molecule has 5 nitrogen and oxygen atoms in total. The maximum Gasteiger partial charge on any atom is 0.573 e. The monoisotopic (exact) mass is 440 g/mol. The van der Waals surface area contributed by atoms with E-state index in [4.69, 9.17) is 11.6 Å². The Morgan fingerprint density at radius 3 is 2.25 bits per heavy atom. The van der Waals surface area contributed by atoms with Crippen molar-refractivity contribution >= 4 is 21.6 Å². The number of likely N-dealkylation sites (N-methyl/N-ethyl adjacent to an activating group) is 1. The average Bonchev–Trinajstić information content (AvgIpc) is 2.55. The van der Waals surface area contributed by atoms with E-state index in [0.29, 0.717) is 5.56 Å². The SMILES string of the molecule is CN(C)C[C@H](NS(=O)(=O)c1ccc(OC(F)(F)F)cc1)c1ccc(Cl)c(F)c1. The number of nitrogens with zero attached hydrogens (tertiary/aromatic N) is 1. The lowest BCUT2D eigenvalue weighted by molar-refractivity contribution is -0.274. The van der Waals surface area contributed by atoms with Crippen LogP contribution < -0.4 is 9.46 Å². The van der Waals surface area contributed by atoms with Gasteiger partial charge in [-0.15, -0.1) is 13.2 Å². The van der Waals surface area contributed by atoms with Crippen LogP contribution in [0.3, 0.4) is 0 Å². The Kier molecular flexibility index (Phi) is 6.92. The number of nitrogens with one attached hydrogen (secondary N) is 1. The summed E-state index contributed by atoms with van der Waals surface area (Å²) in [6, 6.07) is 6.86. The molecule has 0 aliphatic heterocycles. The average molecular weight is 441 g/mol. The Hall–Kier alpha value is -1.88. The molecule has 11 heteroatoms. The minimum atomic E-state index is -4.88. The van der Waals surface area contributed by atoms with Gasteiger partial charge in [0.05, 0.1) is 16.0 Å². The number of rotatable bonds is 7. The Morgan fingerprint density at radius 2 is 1.75 bits per heavy atom. The first-order valence-electron chi connectivity index (χ1n) is 7.85. The lowest BCUT2D eigenvalue weighted by Gasteiger charge is -2.23. The molecule has 0 fully saturated rings. The molecule has 1 atom stereocenters. The molecular formula is C17H17ClF4N2O3S. The molecule has 2 rings (SSSR count). The van der Waals surface area contributed by atoms with Gasteiger partial charge in [-0.25, -0.2) is 17.5 Å². The Balaban J connectivity index is 2.28. The fourth-order valence-electron chi connectivity index (χ4n) is 2.38. The van der Waals surface area contributed by atoms with E-state index in [1.807, 2.05) is 0 Å². The first kappa shape index (κ1) is 22.4. The molecule has 154 valence electrons. The van der Waals surface area contributed by atoms with Crippen LogP contribution in [-0.2, 0) is 10.0 Å². The summed E-state index contributed by atoms with van der Waals surface area (Å²) < 4.78 is 81.9. The third-order valence-electron chi connectivity index (χ3n) is 3.56. The highest BCUT2D eigenvalue weighted by Gasteiger charge is 2.31. The molecule has 0 unspecified atom stereocenters. The Labute approximate surface area is 164 Å². The van der Waals surface area contributed by atoms with Crippen LogP contribution in [0.5, 0.6) is 5.75 Å². The summed E-state index contributed by atoms with van der Waals surface area (Å²) in [5.41, 5.74) is 0.344. The molecule has 0 amide bonds. The number of benzene rings is 2. The topological polar surface area (TPSA) is 58.6 Å². The second kappa shape index (κ2) is 8.64. The van der Waals surface area contributed by atoms with Gasteiger partial charge in [0.1, 0.15) is 11.6 Å². The largest absolute Gasteiger partial charge is 0.573 e. The number of hydrogen-bond donors (Lipinski definition) is 1. The maximum absolute atomic E-state index is 13.8. The predicted octanol–water partition coefficient (Wildman–Crippen LogP) is 3.96. The normalized spacial score (nSPS) is 13.6.